The summed E-state index contributed by atoms with van der Waals surface area (Å²) in [5, 5.41) is 10.8. The van der Waals surface area contributed by atoms with E-state index in [9.17, 15) is 4.39 Å². The molecule has 0 spiro atoms. The van der Waals surface area contributed by atoms with E-state index in [1.54, 1.807) is 12.1 Å². The lowest BCUT2D eigenvalue weighted by molar-refractivity contribution is 0.624. The van der Waals surface area contributed by atoms with Crippen LogP contribution in [0.25, 0.3) is 0 Å². The van der Waals surface area contributed by atoms with Gasteiger partial charge in [-0.2, -0.15) is 14.9 Å². The monoisotopic (exact) mass is 328 g/mol. The van der Waals surface area contributed by atoms with Crippen molar-refractivity contribution in [1.29, 1.82) is 0 Å². The van der Waals surface area contributed by atoms with Crippen LogP contribution in [0.4, 0.5) is 4.39 Å². The average molecular weight is 329 g/mol. The quantitative estimate of drug-likeness (QED) is 0.694. The van der Waals surface area contributed by atoms with Crippen LogP contribution in [0.2, 0.25) is 0 Å². The summed E-state index contributed by atoms with van der Waals surface area (Å²) in [5.74, 6) is 0.356. The molecule has 0 unspecified atom stereocenters. The zero-order valence-corrected chi connectivity index (χ0v) is 11.9. The van der Waals surface area contributed by atoms with Gasteiger partial charge in [0.1, 0.15) is 5.82 Å². The third kappa shape index (κ3) is 2.73. The van der Waals surface area contributed by atoms with Crippen molar-refractivity contribution in [2.24, 2.45) is 5.10 Å². The number of hydrogen-bond acceptors (Lipinski definition) is 3. The van der Waals surface area contributed by atoms with Gasteiger partial charge in [-0.3, -0.25) is 5.10 Å². The van der Waals surface area contributed by atoms with Gasteiger partial charge in [0, 0.05) is 16.5 Å². The molecular weight excluding hydrogens is 319 g/mol. The van der Waals surface area contributed by atoms with Crippen LogP contribution in [0, 0.1) is 10.6 Å². The highest BCUT2D eigenvalue weighted by Gasteiger charge is 2.03. The van der Waals surface area contributed by atoms with Gasteiger partial charge in [0.15, 0.2) is 5.82 Å². The van der Waals surface area contributed by atoms with Gasteiger partial charge < -0.3 is 0 Å². The molecule has 0 amide bonds. The number of H-pyrrole nitrogens is 1. The van der Waals surface area contributed by atoms with Crippen LogP contribution in [-0.4, -0.2) is 21.1 Å². The topological polar surface area (TPSA) is 46.0 Å². The van der Waals surface area contributed by atoms with Gasteiger partial charge in [-0.05, 0) is 30.4 Å². The number of benzene rings is 1. The third-order valence-electron chi connectivity index (χ3n) is 2.31. The summed E-state index contributed by atoms with van der Waals surface area (Å²) >= 11 is 8.24. The summed E-state index contributed by atoms with van der Waals surface area (Å²) in [6.45, 7) is 1.94. The van der Waals surface area contributed by atoms with E-state index in [0.29, 0.717) is 27.1 Å². The zero-order chi connectivity index (χ0) is 13.1. The van der Waals surface area contributed by atoms with Crippen LogP contribution >= 0.6 is 28.1 Å². The largest absolute Gasteiger partial charge is 0.250 e. The Bertz CT molecular complexity index is 647. The Kier molecular flexibility index (Phi) is 4.03. The molecule has 1 aromatic carbocycles. The number of hydrogen-bond donors (Lipinski definition) is 1. The van der Waals surface area contributed by atoms with Crippen molar-refractivity contribution >= 4 is 34.4 Å². The minimum atomic E-state index is -0.346. The molecule has 1 N–H and O–H groups in total. The summed E-state index contributed by atoms with van der Waals surface area (Å²) in [4.78, 5) is 0. The van der Waals surface area contributed by atoms with Crippen LogP contribution in [0.5, 0.6) is 0 Å². The van der Waals surface area contributed by atoms with Crippen LogP contribution in [0.15, 0.2) is 27.8 Å². The van der Waals surface area contributed by atoms with E-state index in [1.165, 1.54) is 17.0 Å². The minimum Gasteiger partial charge on any atom is -0.250 e. The number of aromatic nitrogens is 3. The molecule has 2 aromatic rings. The van der Waals surface area contributed by atoms with Crippen LogP contribution in [-0.2, 0) is 6.42 Å². The molecule has 0 fully saturated rings. The molecule has 7 heteroatoms. The second kappa shape index (κ2) is 5.53. The fourth-order valence-corrected chi connectivity index (χ4v) is 1.93. The lowest BCUT2D eigenvalue weighted by Crippen LogP contribution is -1.98. The van der Waals surface area contributed by atoms with E-state index >= 15 is 0 Å². The first kappa shape index (κ1) is 13.1. The summed E-state index contributed by atoms with van der Waals surface area (Å²) in [5.41, 5.74) is 0.392. The fourth-order valence-electron chi connectivity index (χ4n) is 1.40. The summed E-state index contributed by atoms with van der Waals surface area (Å²) in [7, 11) is 0. The maximum atomic E-state index is 13.6. The van der Waals surface area contributed by atoms with Gasteiger partial charge >= 0.3 is 0 Å². The number of halogens is 2. The number of nitrogens with one attached hydrogen (secondary N) is 1. The molecule has 18 heavy (non-hydrogen) atoms. The normalized spacial score (nSPS) is 11.3. The van der Waals surface area contributed by atoms with Crippen molar-refractivity contribution in [3.05, 3.63) is 44.6 Å². The predicted octanol–water partition coefficient (Wildman–Crippen LogP) is 3.29. The molecule has 2 rings (SSSR count). The fraction of sp³-hybridized carbons (Fsp3) is 0.182. The smallest absolute Gasteiger partial charge is 0.216 e. The van der Waals surface area contributed by atoms with Crippen molar-refractivity contribution in [2.75, 3.05) is 0 Å². The Morgan fingerprint density at radius 1 is 1.61 bits per heavy atom. The van der Waals surface area contributed by atoms with Crippen molar-refractivity contribution in [3.63, 3.8) is 0 Å². The molecule has 0 saturated carbocycles. The lowest BCUT2D eigenvalue weighted by atomic mass is 10.2. The molecule has 0 aliphatic rings. The molecule has 1 aromatic heterocycles. The maximum Gasteiger partial charge on any atom is 0.216 e. The number of aromatic amines is 1. The molecule has 0 atom stereocenters. The Hall–Kier alpha value is -1.34. The first-order valence-corrected chi connectivity index (χ1v) is 6.47. The average Bonchev–Trinajstić information content (AvgIpc) is 2.69. The zero-order valence-electron chi connectivity index (χ0n) is 9.52. The Morgan fingerprint density at radius 2 is 2.39 bits per heavy atom. The highest BCUT2D eigenvalue weighted by atomic mass is 79.9. The first-order valence-electron chi connectivity index (χ1n) is 5.27. The van der Waals surface area contributed by atoms with Gasteiger partial charge in [0.05, 0.1) is 6.21 Å². The molecule has 0 aliphatic carbocycles. The van der Waals surface area contributed by atoms with Gasteiger partial charge in [-0.1, -0.05) is 22.9 Å². The third-order valence-corrected chi connectivity index (χ3v) is 3.07. The molecule has 0 saturated heterocycles. The second-order valence-electron chi connectivity index (χ2n) is 3.52. The van der Waals surface area contributed by atoms with Crippen molar-refractivity contribution in [1.82, 2.24) is 14.9 Å². The van der Waals surface area contributed by atoms with E-state index in [4.69, 9.17) is 12.2 Å². The van der Waals surface area contributed by atoms with Gasteiger partial charge in [-0.25, -0.2) is 4.39 Å². The van der Waals surface area contributed by atoms with E-state index in [-0.39, 0.29) is 5.82 Å². The standard InChI is InChI=1S/C11H10BrFN4S/c1-2-10-15-16-11(18)17(10)14-6-7-3-4-8(12)5-9(7)13/h3-6H,2H2,1H3,(H,16,18)/b14-6-. The summed E-state index contributed by atoms with van der Waals surface area (Å²) in [6.07, 6.45) is 2.11. The van der Waals surface area contributed by atoms with Gasteiger partial charge in [0.25, 0.3) is 0 Å². The van der Waals surface area contributed by atoms with E-state index in [0.717, 1.165) is 0 Å². The van der Waals surface area contributed by atoms with Crippen LogP contribution < -0.4 is 0 Å². The molecule has 4 nitrogen and oxygen atoms in total. The van der Waals surface area contributed by atoms with E-state index in [1.807, 2.05) is 6.92 Å². The molecule has 0 aliphatic heterocycles. The highest BCUT2D eigenvalue weighted by Crippen LogP contribution is 2.14. The Morgan fingerprint density at radius 3 is 3.06 bits per heavy atom. The SMILES string of the molecule is CCc1n[nH]c(=S)n1/N=C\c1ccc(Br)cc1F. The minimum absolute atomic E-state index is 0.346. The number of aryl methyl sites for hydroxylation is 1. The molecular formula is C11H10BrFN4S. The highest BCUT2D eigenvalue weighted by molar-refractivity contribution is 9.10. The van der Waals surface area contributed by atoms with Crippen molar-refractivity contribution < 1.29 is 4.39 Å². The number of nitrogens with zero attached hydrogens (tertiary/aromatic N) is 3. The first-order chi connectivity index (χ1) is 8.61. The van der Waals surface area contributed by atoms with E-state index < -0.39 is 0 Å². The van der Waals surface area contributed by atoms with Crippen LogP contribution in [0.3, 0.4) is 0 Å². The Labute approximate surface area is 117 Å². The van der Waals surface area contributed by atoms with Gasteiger partial charge in [-0.15, -0.1) is 0 Å². The lowest BCUT2D eigenvalue weighted by Gasteiger charge is -1.99. The maximum absolute atomic E-state index is 13.6. The van der Waals surface area contributed by atoms with Crippen LogP contribution in [0.1, 0.15) is 18.3 Å². The van der Waals surface area contributed by atoms with Gasteiger partial charge in [0.2, 0.25) is 4.77 Å². The van der Waals surface area contributed by atoms with Crippen molar-refractivity contribution in [3.8, 4) is 0 Å². The number of rotatable bonds is 3. The molecule has 0 radical (unpaired) electrons. The Balaban J connectivity index is 2.35. The summed E-state index contributed by atoms with van der Waals surface area (Å²) < 4.78 is 16.1. The molecule has 94 valence electrons. The van der Waals surface area contributed by atoms with Crippen molar-refractivity contribution in [2.45, 2.75) is 13.3 Å². The summed E-state index contributed by atoms with van der Waals surface area (Å²) in [6, 6.07) is 4.77. The molecule has 1 heterocycles. The molecule has 0 bridgehead atoms. The second-order valence-corrected chi connectivity index (χ2v) is 4.82. The van der Waals surface area contributed by atoms with E-state index in [2.05, 4.69) is 31.2 Å². The predicted molar refractivity (Wildman–Crippen MR) is 73.9 cm³/mol.